The summed E-state index contributed by atoms with van der Waals surface area (Å²) < 4.78 is 32.6. The Hall–Kier alpha value is -7.05. The van der Waals surface area contributed by atoms with E-state index >= 15 is 4.39 Å². The van der Waals surface area contributed by atoms with Crippen molar-refractivity contribution in [1.82, 2.24) is 45.0 Å². The van der Waals surface area contributed by atoms with Gasteiger partial charge in [0.2, 0.25) is 0 Å². The summed E-state index contributed by atoms with van der Waals surface area (Å²) >= 11 is 0. The number of hydrogen-bond acceptors (Lipinski definition) is 11. The zero-order chi connectivity index (χ0) is 34.7. The minimum Gasteiger partial charge on any atom is -0.478 e. The van der Waals surface area contributed by atoms with Gasteiger partial charge in [0.15, 0.2) is 22.9 Å². The van der Waals surface area contributed by atoms with E-state index in [9.17, 15) is 33.8 Å². The molecule has 0 aliphatic carbocycles. The van der Waals surface area contributed by atoms with Crippen LogP contribution in [0.15, 0.2) is 67.3 Å². The number of carbonyl (C=O) groups is 4. The molecule has 0 aliphatic heterocycles. The molecule has 19 heteroatoms. The number of carbonyl (C=O) groups excluding carboxylic acids is 2. The van der Waals surface area contributed by atoms with Gasteiger partial charge in [0, 0.05) is 12.4 Å². The molecule has 6 aromatic rings. The maximum atomic E-state index is 15.0. The smallest absolute Gasteiger partial charge is 0.337 e. The first-order valence-electron chi connectivity index (χ1n) is 14.2. The maximum Gasteiger partial charge on any atom is 0.337 e. The molecule has 0 unspecified atom stereocenters. The van der Waals surface area contributed by atoms with E-state index in [0.717, 1.165) is 28.9 Å². The second-order valence-corrected chi connectivity index (χ2v) is 10.3. The molecule has 4 aromatic heterocycles. The average molecular weight is 670 g/mol. The van der Waals surface area contributed by atoms with Crippen LogP contribution in [-0.2, 0) is 12.8 Å². The first kappa shape index (κ1) is 31.9. The normalized spacial score (nSPS) is 11.0. The molecule has 0 atom stereocenters. The van der Waals surface area contributed by atoms with Gasteiger partial charge < -0.3 is 20.8 Å². The molecule has 49 heavy (non-hydrogen) atoms. The summed E-state index contributed by atoms with van der Waals surface area (Å²) in [5.41, 5.74) is -1.44. The maximum absolute atomic E-state index is 15.0. The highest BCUT2D eigenvalue weighted by Gasteiger charge is 2.21. The first-order valence-corrected chi connectivity index (χ1v) is 14.2. The molecule has 0 saturated carbocycles. The van der Waals surface area contributed by atoms with Gasteiger partial charge in [0.25, 0.3) is 11.8 Å². The SMILES string of the molecule is O=C(Nc1cc(CCCc2cc(NC(=O)c3ccc4nnnn4n3)c(C(=O)O)cc2F)c(F)cc1C(=O)O)c1ccc(-n2ccnc2)nn1. The number of benzene rings is 2. The molecule has 0 spiro atoms. The number of aromatic nitrogens is 9. The van der Waals surface area contributed by atoms with Crippen molar-refractivity contribution >= 4 is 40.8 Å². The number of tetrazole rings is 1. The first-order chi connectivity index (χ1) is 23.6. The molecule has 0 fully saturated rings. The molecule has 6 rings (SSSR count). The van der Waals surface area contributed by atoms with Gasteiger partial charge in [0.1, 0.15) is 18.0 Å². The standard InChI is InChI=1S/C30H21F2N11O6/c31-19-12-17(29(46)47)23(34-27(44)21-4-6-25(37-36-21)42-9-8-33-14-42)10-15(19)2-1-3-16-11-24(18(30(48)49)13-20(16)32)35-28(45)22-5-7-26-38-40-41-43(26)39-22/h4-14H,1-3H2,(H,34,44)(H,35,45)(H,46,47)(H,48,49). The van der Waals surface area contributed by atoms with Gasteiger partial charge in [0.05, 0.1) is 22.5 Å². The molecule has 0 aliphatic rings. The molecule has 4 heterocycles. The van der Waals surface area contributed by atoms with Gasteiger partial charge in [-0.3, -0.25) is 14.2 Å². The van der Waals surface area contributed by atoms with Crippen LogP contribution in [0, 0.1) is 11.6 Å². The molecule has 4 N–H and O–H groups in total. The van der Waals surface area contributed by atoms with E-state index in [2.05, 4.69) is 46.4 Å². The molecular weight excluding hydrogens is 648 g/mol. The lowest BCUT2D eigenvalue weighted by Gasteiger charge is -2.13. The topological polar surface area (TPSA) is 232 Å². The van der Waals surface area contributed by atoms with Gasteiger partial charge in [-0.1, -0.05) is 0 Å². The second-order valence-electron chi connectivity index (χ2n) is 10.3. The average Bonchev–Trinajstić information content (AvgIpc) is 3.79. The number of nitrogens with zero attached hydrogens (tertiary/aromatic N) is 9. The number of halogens is 2. The molecule has 0 saturated heterocycles. The third-order valence-electron chi connectivity index (χ3n) is 7.18. The predicted octanol–water partition coefficient (Wildman–Crippen LogP) is 2.85. The van der Waals surface area contributed by atoms with Gasteiger partial charge in [-0.05, 0) is 89.3 Å². The Morgan fingerprint density at radius 1 is 0.755 bits per heavy atom. The van der Waals surface area contributed by atoms with Gasteiger partial charge in [-0.15, -0.1) is 25.0 Å². The van der Waals surface area contributed by atoms with Crippen molar-refractivity contribution in [1.29, 1.82) is 0 Å². The summed E-state index contributed by atoms with van der Waals surface area (Å²) in [6.45, 7) is 0. The Bertz CT molecular complexity index is 2240. The Morgan fingerprint density at radius 2 is 1.37 bits per heavy atom. The fourth-order valence-electron chi connectivity index (χ4n) is 4.77. The van der Waals surface area contributed by atoms with Crippen molar-refractivity contribution in [2.45, 2.75) is 19.3 Å². The summed E-state index contributed by atoms with van der Waals surface area (Å²) in [5.74, 6) is -5.97. The van der Waals surface area contributed by atoms with Crippen molar-refractivity contribution in [3.8, 4) is 5.82 Å². The monoisotopic (exact) mass is 669 g/mol. The molecule has 0 radical (unpaired) electrons. The highest BCUT2D eigenvalue weighted by Crippen LogP contribution is 2.26. The highest BCUT2D eigenvalue weighted by atomic mass is 19.1. The van der Waals surface area contributed by atoms with Crippen molar-refractivity contribution in [3.05, 3.63) is 113 Å². The van der Waals surface area contributed by atoms with Crippen LogP contribution in [0.1, 0.15) is 59.2 Å². The molecular formula is C30H21F2N11O6. The van der Waals surface area contributed by atoms with Crippen LogP contribution >= 0.6 is 0 Å². The van der Waals surface area contributed by atoms with Gasteiger partial charge >= 0.3 is 11.9 Å². The lowest BCUT2D eigenvalue weighted by atomic mass is 9.99. The van der Waals surface area contributed by atoms with Gasteiger partial charge in [-0.25, -0.2) is 23.4 Å². The summed E-state index contributed by atoms with van der Waals surface area (Å²) in [5, 5.41) is 46.6. The van der Waals surface area contributed by atoms with Crippen molar-refractivity contribution in [2.24, 2.45) is 0 Å². The van der Waals surface area contributed by atoms with Crippen LogP contribution in [0.4, 0.5) is 20.2 Å². The Kier molecular flexibility index (Phi) is 8.70. The second kappa shape index (κ2) is 13.4. The number of carboxylic acid groups (broad SMARTS) is 2. The van der Waals surface area contributed by atoms with Crippen LogP contribution in [-0.4, -0.2) is 79.0 Å². The van der Waals surface area contributed by atoms with Crippen LogP contribution in [0.2, 0.25) is 0 Å². The summed E-state index contributed by atoms with van der Waals surface area (Å²) in [6, 6.07) is 9.44. The van der Waals surface area contributed by atoms with E-state index in [1.54, 1.807) is 10.8 Å². The van der Waals surface area contributed by atoms with E-state index in [1.165, 1.54) is 36.8 Å². The number of aryl methyl sites for hydroxylation is 2. The Labute approximate surface area is 272 Å². The fourth-order valence-corrected chi connectivity index (χ4v) is 4.77. The zero-order valence-electron chi connectivity index (χ0n) is 24.8. The largest absolute Gasteiger partial charge is 0.478 e. The lowest BCUT2D eigenvalue weighted by Crippen LogP contribution is -2.18. The molecule has 2 aromatic carbocycles. The molecule has 2 amide bonds. The third kappa shape index (κ3) is 6.89. The third-order valence-corrected chi connectivity index (χ3v) is 7.18. The number of aromatic carboxylic acids is 2. The fraction of sp³-hybridized carbons (Fsp3) is 0.100. The van der Waals surface area contributed by atoms with Gasteiger partial charge in [-0.2, -0.15) is 0 Å². The van der Waals surface area contributed by atoms with E-state index in [1.807, 2.05) is 0 Å². The van der Waals surface area contributed by atoms with Crippen LogP contribution in [0.5, 0.6) is 0 Å². The van der Waals surface area contributed by atoms with E-state index in [4.69, 9.17) is 0 Å². The van der Waals surface area contributed by atoms with E-state index in [0.29, 0.717) is 5.82 Å². The number of nitrogens with one attached hydrogen (secondary N) is 2. The molecule has 17 nitrogen and oxygen atoms in total. The van der Waals surface area contributed by atoms with Crippen LogP contribution in [0.25, 0.3) is 11.5 Å². The number of imidazole rings is 1. The predicted molar refractivity (Wildman–Crippen MR) is 162 cm³/mol. The number of rotatable bonds is 11. The number of anilines is 2. The highest BCUT2D eigenvalue weighted by molar-refractivity contribution is 6.07. The number of hydrogen-bond donors (Lipinski definition) is 4. The summed E-state index contributed by atoms with van der Waals surface area (Å²) in [7, 11) is 0. The Balaban J connectivity index is 1.17. The van der Waals surface area contributed by atoms with E-state index in [-0.39, 0.29) is 58.8 Å². The van der Waals surface area contributed by atoms with Crippen molar-refractivity contribution < 1.29 is 38.2 Å². The lowest BCUT2D eigenvalue weighted by molar-refractivity contribution is 0.0686. The quantitative estimate of drug-likeness (QED) is 0.156. The minimum absolute atomic E-state index is 0.0120. The Morgan fingerprint density at radius 3 is 1.92 bits per heavy atom. The van der Waals surface area contributed by atoms with Crippen molar-refractivity contribution in [3.63, 3.8) is 0 Å². The molecule has 246 valence electrons. The van der Waals surface area contributed by atoms with Crippen LogP contribution in [0.3, 0.4) is 0 Å². The molecule has 0 bridgehead atoms. The summed E-state index contributed by atoms with van der Waals surface area (Å²) in [6.07, 6.45) is 4.67. The van der Waals surface area contributed by atoms with E-state index < -0.39 is 46.5 Å². The van der Waals surface area contributed by atoms with Crippen LogP contribution < -0.4 is 10.6 Å². The van der Waals surface area contributed by atoms with Crippen molar-refractivity contribution in [2.75, 3.05) is 10.6 Å². The number of amides is 2. The number of carboxylic acids is 2. The summed E-state index contributed by atoms with van der Waals surface area (Å²) in [4.78, 5) is 53.3. The minimum atomic E-state index is -1.50. The number of fused-ring (bicyclic) bond motifs is 1. The zero-order valence-corrected chi connectivity index (χ0v) is 24.8.